The normalized spacial score (nSPS) is 11.2. The fourth-order valence-corrected chi connectivity index (χ4v) is 9.30. The van der Waals surface area contributed by atoms with Crippen LogP contribution < -0.4 is 0 Å². The highest BCUT2D eigenvalue weighted by atomic mass is 14.6. The van der Waals surface area contributed by atoms with Crippen LogP contribution in [-0.4, -0.2) is 4.98 Å². The molecule has 0 aliphatic rings. The Balaban J connectivity index is 1.27. The summed E-state index contributed by atoms with van der Waals surface area (Å²) in [5.41, 5.74) is 20.8. The Morgan fingerprint density at radius 2 is 0.825 bits per heavy atom. The van der Waals surface area contributed by atoms with Crippen LogP contribution in [0.3, 0.4) is 0 Å². The zero-order valence-corrected chi connectivity index (χ0v) is 35.0. The van der Waals surface area contributed by atoms with Crippen molar-refractivity contribution < 1.29 is 0 Å². The molecular weight excluding hydrogens is 759 g/mol. The molecule has 0 aliphatic heterocycles. The smallest absolute Gasteiger partial charge is 0.0346 e. The van der Waals surface area contributed by atoms with Crippen LogP contribution in [0.4, 0.5) is 0 Å². The van der Waals surface area contributed by atoms with E-state index in [9.17, 15) is 0 Å². The molecule has 9 aromatic carbocycles. The van der Waals surface area contributed by atoms with E-state index in [0.29, 0.717) is 0 Å². The highest BCUT2D eigenvalue weighted by molar-refractivity contribution is 6.11. The van der Waals surface area contributed by atoms with Gasteiger partial charge in [-0.15, -0.1) is 6.42 Å². The molecule has 10 aromatic rings. The molecule has 1 nitrogen and oxygen atoms in total. The number of hydrogen-bond acceptors (Lipinski definition) is 1. The molecule has 0 bridgehead atoms. The average Bonchev–Trinajstić information content (AvgIpc) is 3.36. The van der Waals surface area contributed by atoms with Crippen molar-refractivity contribution in [3.8, 4) is 101 Å². The quantitative estimate of drug-likeness (QED) is 0.133. The molecule has 0 unspecified atom stereocenters. The first-order valence-corrected chi connectivity index (χ1v) is 21.4. The van der Waals surface area contributed by atoms with Gasteiger partial charge in [0.2, 0.25) is 0 Å². The lowest BCUT2D eigenvalue weighted by atomic mass is 9.78. The lowest BCUT2D eigenvalue weighted by Gasteiger charge is -2.25. The fraction of sp³-hybridized carbons (Fsp3) is 0.0161. The second-order valence-corrected chi connectivity index (χ2v) is 15.8. The third-order valence-corrected chi connectivity index (χ3v) is 12.1. The van der Waals surface area contributed by atoms with E-state index >= 15 is 0 Å². The van der Waals surface area contributed by atoms with Crippen molar-refractivity contribution >= 4 is 16.8 Å². The third kappa shape index (κ3) is 7.46. The summed E-state index contributed by atoms with van der Waals surface area (Å²) in [5, 5.41) is 2.35. The van der Waals surface area contributed by atoms with E-state index in [0.717, 1.165) is 50.1 Å². The molecule has 0 spiro atoms. The van der Waals surface area contributed by atoms with E-state index < -0.39 is 0 Å². The predicted octanol–water partition coefficient (Wildman–Crippen LogP) is 16.5. The summed E-state index contributed by atoms with van der Waals surface area (Å²) in [6.07, 6.45) is 13.6. The van der Waals surface area contributed by atoms with Gasteiger partial charge in [-0.05, 0) is 149 Å². The number of rotatable bonds is 9. The van der Waals surface area contributed by atoms with Gasteiger partial charge in [-0.25, -0.2) is 0 Å². The lowest BCUT2D eigenvalue weighted by molar-refractivity contribution is 1.33. The van der Waals surface area contributed by atoms with Gasteiger partial charge in [0, 0.05) is 18.0 Å². The van der Waals surface area contributed by atoms with Crippen molar-refractivity contribution in [2.45, 2.75) is 6.92 Å². The van der Waals surface area contributed by atoms with Crippen LogP contribution in [0.15, 0.2) is 231 Å². The molecule has 63 heavy (non-hydrogen) atoms. The summed E-state index contributed by atoms with van der Waals surface area (Å²) in [7, 11) is 0. The highest BCUT2D eigenvalue weighted by Gasteiger charge is 2.25. The molecule has 0 aliphatic carbocycles. The molecule has 1 heterocycles. The van der Waals surface area contributed by atoms with E-state index in [2.05, 4.69) is 230 Å². The van der Waals surface area contributed by atoms with Crippen LogP contribution in [0, 0.1) is 19.3 Å². The molecule has 1 aromatic heterocycles. The van der Waals surface area contributed by atoms with Gasteiger partial charge in [0.15, 0.2) is 0 Å². The maximum atomic E-state index is 5.94. The lowest BCUT2D eigenvalue weighted by Crippen LogP contribution is -1.99. The van der Waals surface area contributed by atoms with Crippen LogP contribution in [0.1, 0.15) is 11.1 Å². The minimum absolute atomic E-state index is 1.08. The minimum atomic E-state index is 1.08. The van der Waals surface area contributed by atoms with Crippen LogP contribution in [0.25, 0.3) is 106 Å². The molecule has 0 radical (unpaired) electrons. The summed E-state index contributed by atoms with van der Waals surface area (Å²) in [6.45, 7) is 2.24. The largest absolute Gasteiger partial charge is 0.264 e. The second-order valence-electron chi connectivity index (χ2n) is 15.8. The molecule has 0 amide bonds. The number of hydrogen-bond donors (Lipinski definition) is 0. The Hall–Kier alpha value is -8.31. The average molecular weight is 802 g/mol. The minimum Gasteiger partial charge on any atom is -0.264 e. The van der Waals surface area contributed by atoms with Crippen LogP contribution >= 0.6 is 0 Å². The summed E-state index contributed by atoms with van der Waals surface area (Å²) >= 11 is 0. The summed E-state index contributed by atoms with van der Waals surface area (Å²) in [4.78, 5) is 4.41. The number of fused-ring (bicyclic) bond motifs is 1. The van der Waals surface area contributed by atoms with Crippen LogP contribution in [0.5, 0.6) is 0 Å². The first-order chi connectivity index (χ1) is 31.2. The first kappa shape index (κ1) is 38.9. The standard InChI is InChI=1S/C62H43N/c1-3-4-35-53-43(2)58(54-36-17-18-37-55(54)59(53)51-33-19-30-48(39-51)52-34-21-38-63-42-52)50-32-20-31-49(40-50)57-41-56(44-22-9-5-10-23-44)60(45-24-11-6-12-25-45)62(47-28-15-8-16-29-47)61(57)46-26-13-7-14-27-46/h1,4-42H,2H3/b35-4-. The number of terminal acetylenes is 1. The Labute approximate surface area is 370 Å². The Morgan fingerprint density at radius 3 is 1.40 bits per heavy atom. The summed E-state index contributed by atoms with van der Waals surface area (Å²) in [5.74, 6) is 2.78. The highest BCUT2D eigenvalue weighted by Crippen LogP contribution is 2.51. The third-order valence-electron chi connectivity index (χ3n) is 12.1. The van der Waals surface area contributed by atoms with Gasteiger partial charge in [0.25, 0.3) is 0 Å². The number of nitrogens with zero attached hydrogens (tertiary/aromatic N) is 1. The Bertz CT molecular complexity index is 3310. The molecule has 0 saturated carbocycles. The SMILES string of the molecule is C#C/C=C\c1c(C)c(-c2cccc(-c3cc(-c4ccccc4)c(-c4ccccc4)c(-c4ccccc4)c3-c3ccccc3)c2)c2ccccc2c1-c1cccc(-c2cccnc2)c1. The van der Waals surface area contributed by atoms with Crippen LogP contribution in [0.2, 0.25) is 0 Å². The zero-order chi connectivity index (χ0) is 42.5. The van der Waals surface area contributed by atoms with E-state index in [1.807, 2.05) is 24.5 Å². The number of allylic oxidation sites excluding steroid dienone is 1. The Morgan fingerprint density at radius 1 is 0.381 bits per heavy atom. The number of pyridine rings is 1. The predicted molar refractivity (Wildman–Crippen MR) is 268 cm³/mol. The fourth-order valence-electron chi connectivity index (χ4n) is 9.30. The van der Waals surface area contributed by atoms with E-state index in [1.165, 1.54) is 60.8 Å². The van der Waals surface area contributed by atoms with Gasteiger partial charge in [-0.2, -0.15) is 0 Å². The summed E-state index contributed by atoms with van der Waals surface area (Å²) in [6, 6.07) is 76.6. The first-order valence-electron chi connectivity index (χ1n) is 21.4. The van der Waals surface area contributed by atoms with Crippen molar-refractivity contribution in [2.24, 2.45) is 0 Å². The monoisotopic (exact) mass is 801 g/mol. The number of aromatic nitrogens is 1. The van der Waals surface area contributed by atoms with E-state index in [-0.39, 0.29) is 0 Å². The molecule has 0 atom stereocenters. The zero-order valence-electron chi connectivity index (χ0n) is 35.0. The van der Waals surface area contributed by atoms with Crippen molar-refractivity contribution in [3.05, 3.63) is 242 Å². The molecule has 0 fully saturated rings. The van der Waals surface area contributed by atoms with E-state index in [4.69, 9.17) is 6.42 Å². The molecular formula is C62H43N. The maximum Gasteiger partial charge on any atom is 0.0346 e. The van der Waals surface area contributed by atoms with Gasteiger partial charge in [-0.3, -0.25) is 4.98 Å². The molecule has 296 valence electrons. The van der Waals surface area contributed by atoms with Crippen molar-refractivity contribution in [3.63, 3.8) is 0 Å². The van der Waals surface area contributed by atoms with Gasteiger partial charge in [-0.1, -0.05) is 194 Å². The van der Waals surface area contributed by atoms with Gasteiger partial charge >= 0.3 is 0 Å². The van der Waals surface area contributed by atoms with Crippen LogP contribution in [-0.2, 0) is 0 Å². The van der Waals surface area contributed by atoms with Crippen molar-refractivity contribution in [1.82, 2.24) is 4.98 Å². The topological polar surface area (TPSA) is 12.9 Å². The molecule has 10 rings (SSSR count). The van der Waals surface area contributed by atoms with Gasteiger partial charge in [0.05, 0.1) is 0 Å². The molecule has 0 N–H and O–H groups in total. The summed E-state index contributed by atoms with van der Waals surface area (Å²) < 4.78 is 0. The maximum absolute atomic E-state index is 5.94. The Kier molecular flexibility index (Phi) is 10.7. The van der Waals surface area contributed by atoms with E-state index in [1.54, 1.807) is 0 Å². The second kappa shape index (κ2) is 17.3. The number of benzene rings is 9. The van der Waals surface area contributed by atoms with Crippen molar-refractivity contribution in [1.29, 1.82) is 0 Å². The van der Waals surface area contributed by atoms with Crippen molar-refractivity contribution in [2.75, 3.05) is 0 Å². The molecule has 1 heteroatoms. The van der Waals surface area contributed by atoms with Gasteiger partial charge < -0.3 is 0 Å². The van der Waals surface area contributed by atoms with Gasteiger partial charge in [0.1, 0.15) is 0 Å². The molecule has 0 saturated heterocycles.